The lowest BCUT2D eigenvalue weighted by molar-refractivity contribution is 0.547. The maximum atomic E-state index is 13.5. The topological polar surface area (TPSA) is 80.5 Å². The maximum absolute atomic E-state index is 13.5. The van der Waals surface area contributed by atoms with Crippen molar-refractivity contribution >= 4 is 17.0 Å². The van der Waals surface area contributed by atoms with Gasteiger partial charge >= 0.3 is 0 Å². The molecule has 0 amide bonds. The van der Waals surface area contributed by atoms with Crippen LogP contribution in [0, 0.1) is 5.82 Å². The van der Waals surface area contributed by atoms with E-state index >= 15 is 0 Å². The molecule has 3 N–H and O–H groups in total. The van der Waals surface area contributed by atoms with Crippen LogP contribution in [0.3, 0.4) is 0 Å². The lowest BCUT2D eigenvalue weighted by atomic mass is 9.85. The predicted octanol–water partition coefficient (Wildman–Crippen LogP) is 5.11. The van der Waals surface area contributed by atoms with Crippen LogP contribution in [0.5, 0.6) is 0 Å². The van der Waals surface area contributed by atoms with Crippen LogP contribution in [-0.2, 0) is 6.42 Å². The predicted molar refractivity (Wildman–Crippen MR) is 116 cm³/mol. The first-order valence-corrected chi connectivity index (χ1v) is 10.5. The molecule has 1 unspecified atom stereocenters. The SMILES string of the molecule is Nc1cc(C(CCC[C@H]2CCc3cc(F)ccc32)c2ccccc2)c2n[nH]nc2n1. The number of rotatable bonds is 6. The molecule has 2 aromatic carbocycles. The number of aromatic amines is 1. The summed E-state index contributed by atoms with van der Waals surface area (Å²) in [6, 6.07) is 17.6. The molecule has 6 heteroatoms. The summed E-state index contributed by atoms with van der Waals surface area (Å²) in [5.74, 6) is 0.995. The highest BCUT2D eigenvalue weighted by molar-refractivity contribution is 5.77. The third-order valence-electron chi connectivity index (χ3n) is 6.27. The fraction of sp³-hybridized carbons (Fsp3) is 0.292. The molecule has 0 spiro atoms. The molecule has 0 radical (unpaired) electrons. The molecule has 4 aromatic rings. The first-order valence-electron chi connectivity index (χ1n) is 10.5. The van der Waals surface area contributed by atoms with Crippen LogP contribution in [0.2, 0.25) is 0 Å². The molecule has 1 aliphatic carbocycles. The molecule has 0 saturated carbocycles. The first kappa shape index (κ1) is 18.7. The number of hydrogen-bond acceptors (Lipinski definition) is 4. The van der Waals surface area contributed by atoms with Crippen LogP contribution >= 0.6 is 0 Å². The van der Waals surface area contributed by atoms with Crippen LogP contribution in [0.1, 0.15) is 59.8 Å². The highest BCUT2D eigenvalue weighted by Gasteiger charge is 2.24. The minimum absolute atomic E-state index is 0.134. The van der Waals surface area contributed by atoms with Crippen molar-refractivity contribution in [1.29, 1.82) is 0 Å². The summed E-state index contributed by atoms with van der Waals surface area (Å²) in [5, 5.41) is 11.2. The number of H-pyrrole nitrogens is 1. The van der Waals surface area contributed by atoms with Gasteiger partial charge < -0.3 is 5.73 Å². The minimum atomic E-state index is -0.134. The van der Waals surface area contributed by atoms with Crippen molar-refractivity contribution in [1.82, 2.24) is 20.4 Å². The second kappa shape index (κ2) is 7.86. The smallest absolute Gasteiger partial charge is 0.203 e. The van der Waals surface area contributed by atoms with E-state index in [1.54, 1.807) is 12.1 Å². The standard InChI is InChI=1S/C24H24FN5/c25-18-11-12-19-16(9-10-17(19)13-18)7-4-8-20(15-5-2-1-3-6-15)21-14-22(26)27-24-23(21)28-30-29-24/h1-3,5-6,11-14,16,20H,4,7-10H2,(H3,26,27,28,29,30)/t16-,20?/m0/s1. The Kier molecular flexibility index (Phi) is 4.91. The average Bonchev–Trinajstić information content (AvgIpc) is 3.38. The van der Waals surface area contributed by atoms with Crippen LogP contribution in [0.15, 0.2) is 54.6 Å². The lowest BCUT2D eigenvalue weighted by Gasteiger charge is -2.20. The van der Waals surface area contributed by atoms with E-state index in [0.29, 0.717) is 17.4 Å². The molecular formula is C24H24FN5. The van der Waals surface area contributed by atoms with Gasteiger partial charge in [0, 0.05) is 5.92 Å². The normalized spacial score (nSPS) is 16.6. The molecule has 2 aromatic heterocycles. The van der Waals surface area contributed by atoms with Crippen molar-refractivity contribution in [2.45, 2.75) is 43.9 Å². The van der Waals surface area contributed by atoms with E-state index in [9.17, 15) is 4.39 Å². The Labute approximate surface area is 174 Å². The molecule has 2 atom stereocenters. The zero-order valence-corrected chi connectivity index (χ0v) is 16.7. The molecule has 5 nitrogen and oxygen atoms in total. The second-order valence-corrected chi connectivity index (χ2v) is 8.11. The van der Waals surface area contributed by atoms with Crippen LogP contribution < -0.4 is 5.73 Å². The molecule has 1 aliphatic rings. The third-order valence-corrected chi connectivity index (χ3v) is 6.27. The van der Waals surface area contributed by atoms with Gasteiger partial charge in [0.1, 0.15) is 17.2 Å². The fourth-order valence-corrected chi connectivity index (χ4v) is 4.87. The van der Waals surface area contributed by atoms with Crippen molar-refractivity contribution < 1.29 is 4.39 Å². The van der Waals surface area contributed by atoms with Crippen molar-refractivity contribution in [3.05, 3.63) is 82.7 Å². The third kappa shape index (κ3) is 3.54. The van der Waals surface area contributed by atoms with E-state index in [4.69, 9.17) is 5.73 Å². The monoisotopic (exact) mass is 401 g/mol. The molecule has 0 fully saturated rings. The van der Waals surface area contributed by atoms with Crippen LogP contribution in [-0.4, -0.2) is 20.4 Å². The van der Waals surface area contributed by atoms with Gasteiger partial charge in [0.2, 0.25) is 5.65 Å². The number of nitrogens with one attached hydrogen (secondary N) is 1. The molecule has 30 heavy (non-hydrogen) atoms. The Morgan fingerprint density at radius 3 is 2.83 bits per heavy atom. The molecule has 0 bridgehead atoms. The molecular weight excluding hydrogens is 377 g/mol. The Morgan fingerprint density at radius 2 is 1.97 bits per heavy atom. The van der Waals surface area contributed by atoms with E-state index in [1.165, 1.54) is 16.7 Å². The van der Waals surface area contributed by atoms with Crippen molar-refractivity contribution in [3.63, 3.8) is 0 Å². The quantitative estimate of drug-likeness (QED) is 0.471. The average molecular weight is 401 g/mol. The van der Waals surface area contributed by atoms with Gasteiger partial charge in [0.15, 0.2) is 0 Å². The lowest BCUT2D eigenvalue weighted by Crippen LogP contribution is -2.06. The van der Waals surface area contributed by atoms with Crippen molar-refractivity contribution in [2.75, 3.05) is 5.73 Å². The summed E-state index contributed by atoms with van der Waals surface area (Å²) >= 11 is 0. The van der Waals surface area contributed by atoms with Gasteiger partial charge in [-0.2, -0.15) is 10.3 Å². The van der Waals surface area contributed by atoms with E-state index < -0.39 is 0 Å². The van der Waals surface area contributed by atoms with Gasteiger partial charge in [0.25, 0.3) is 0 Å². The number of nitrogens with zero attached hydrogens (tertiary/aromatic N) is 3. The summed E-state index contributed by atoms with van der Waals surface area (Å²) in [4.78, 5) is 4.29. The number of anilines is 1. The van der Waals surface area contributed by atoms with Gasteiger partial charge in [0.05, 0.1) is 0 Å². The number of hydrogen-bond donors (Lipinski definition) is 2. The van der Waals surface area contributed by atoms with Gasteiger partial charge in [-0.05, 0) is 72.1 Å². The molecule has 0 aliphatic heterocycles. The van der Waals surface area contributed by atoms with E-state index in [-0.39, 0.29) is 11.7 Å². The van der Waals surface area contributed by atoms with Crippen molar-refractivity contribution in [3.8, 4) is 0 Å². The number of halogens is 1. The highest BCUT2D eigenvalue weighted by atomic mass is 19.1. The number of nitrogens with two attached hydrogens (primary N) is 1. The zero-order chi connectivity index (χ0) is 20.5. The van der Waals surface area contributed by atoms with Crippen molar-refractivity contribution in [2.24, 2.45) is 0 Å². The fourth-order valence-electron chi connectivity index (χ4n) is 4.87. The Balaban J connectivity index is 1.40. The van der Waals surface area contributed by atoms with Gasteiger partial charge in [-0.25, -0.2) is 9.37 Å². The summed E-state index contributed by atoms with van der Waals surface area (Å²) < 4.78 is 13.5. The number of aryl methyl sites for hydroxylation is 1. The van der Waals surface area contributed by atoms with Gasteiger partial charge in [-0.3, -0.25) is 0 Å². The minimum Gasteiger partial charge on any atom is -0.384 e. The Bertz CT molecular complexity index is 1170. The number of nitrogen functional groups attached to an aromatic ring is 1. The summed E-state index contributed by atoms with van der Waals surface area (Å²) in [6.45, 7) is 0. The van der Waals surface area contributed by atoms with E-state index in [1.807, 2.05) is 18.2 Å². The second-order valence-electron chi connectivity index (χ2n) is 8.11. The van der Waals surface area contributed by atoms with Crippen LogP contribution in [0.4, 0.5) is 10.2 Å². The molecule has 2 heterocycles. The summed E-state index contributed by atoms with van der Waals surface area (Å²) in [6.07, 6.45) is 5.19. The summed E-state index contributed by atoms with van der Waals surface area (Å²) in [7, 11) is 0. The largest absolute Gasteiger partial charge is 0.384 e. The Morgan fingerprint density at radius 1 is 1.10 bits per heavy atom. The van der Waals surface area contributed by atoms with Crippen LogP contribution in [0.25, 0.3) is 11.2 Å². The molecule has 152 valence electrons. The first-order chi connectivity index (χ1) is 14.7. The number of aromatic nitrogens is 4. The molecule has 5 rings (SSSR count). The van der Waals surface area contributed by atoms with E-state index in [0.717, 1.165) is 43.2 Å². The number of benzene rings is 2. The zero-order valence-electron chi connectivity index (χ0n) is 16.7. The molecule has 0 saturated heterocycles. The van der Waals surface area contributed by atoms with Gasteiger partial charge in [-0.15, -0.1) is 5.10 Å². The van der Waals surface area contributed by atoms with Gasteiger partial charge in [-0.1, -0.05) is 42.8 Å². The Hall–Kier alpha value is -3.28. The highest BCUT2D eigenvalue weighted by Crippen LogP contribution is 2.39. The number of pyridine rings is 1. The number of fused-ring (bicyclic) bond motifs is 2. The van der Waals surface area contributed by atoms with E-state index in [2.05, 4.69) is 44.7 Å². The summed E-state index contributed by atoms with van der Waals surface area (Å²) in [5.41, 5.74) is 12.2. The maximum Gasteiger partial charge on any atom is 0.203 e.